The third-order valence-corrected chi connectivity index (χ3v) is 9.84. The average molecular weight is 590 g/mol. The van der Waals surface area contributed by atoms with E-state index in [0.29, 0.717) is 25.1 Å². The van der Waals surface area contributed by atoms with Crippen molar-refractivity contribution in [3.05, 3.63) is 95.6 Å². The largest absolute Gasteiger partial charge is 0.352 e. The van der Waals surface area contributed by atoms with Crippen LogP contribution in [-0.2, 0) is 26.0 Å². The molecule has 8 heteroatoms. The average Bonchev–Trinajstić information content (AvgIpc) is 3.00. The molecule has 1 N–H and O–H groups in total. The lowest BCUT2D eigenvalue weighted by atomic mass is 9.95. The van der Waals surface area contributed by atoms with Crippen molar-refractivity contribution in [1.82, 2.24) is 10.2 Å². The van der Waals surface area contributed by atoms with Crippen LogP contribution in [0.15, 0.2) is 83.8 Å². The number of benzene rings is 3. The fraction of sp³-hybridized carbons (Fsp3) is 0.412. The Kier molecular flexibility index (Phi) is 10.8. The number of carbonyl (C=O) groups excluding carboxylic acids is 2. The number of nitrogens with zero attached hydrogens (tertiary/aromatic N) is 2. The van der Waals surface area contributed by atoms with Gasteiger partial charge in [-0.3, -0.25) is 13.9 Å². The standard InChI is InChI=1S/C34H43N3O4S/c1-4-31(34(39)35-29-16-10-6-11-17-29)36(23-22-28-14-8-5-9-15-28)33(38)25-37(32-24-26(2)20-21-27(32)3)42(40,41)30-18-12-7-13-19-30/h5,7-9,12-15,18-21,24,29,31H,4,6,10-11,16-17,22-23,25H2,1-3H3,(H,35,39). The van der Waals surface area contributed by atoms with Crippen molar-refractivity contribution in [3.8, 4) is 0 Å². The first-order chi connectivity index (χ1) is 20.2. The summed E-state index contributed by atoms with van der Waals surface area (Å²) >= 11 is 0. The molecule has 4 rings (SSSR count). The van der Waals surface area contributed by atoms with E-state index in [1.54, 1.807) is 29.2 Å². The lowest BCUT2D eigenvalue weighted by Crippen LogP contribution is -2.54. The maximum Gasteiger partial charge on any atom is 0.264 e. The molecule has 1 aliphatic rings. The predicted molar refractivity (Wildman–Crippen MR) is 168 cm³/mol. The molecule has 1 aliphatic carbocycles. The Hall–Kier alpha value is -3.65. The molecule has 42 heavy (non-hydrogen) atoms. The first kappa shape index (κ1) is 31.3. The first-order valence-electron chi connectivity index (χ1n) is 15.0. The molecule has 1 unspecified atom stereocenters. The summed E-state index contributed by atoms with van der Waals surface area (Å²) in [5, 5.41) is 3.20. The van der Waals surface area contributed by atoms with E-state index in [0.717, 1.165) is 42.4 Å². The number of aryl methyl sites for hydroxylation is 2. The molecular formula is C34H43N3O4S. The van der Waals surface area contributed by atoms with Crippen molar-refractivity contribution in [3.63, 3.8) is 0 Å². The smallest absolute Gasteiger partial charge is 0.264 e. The van der Waals surface area contributed by atoms with E-state index in [-0.39, 0.29) is 16.8 Å². The number of amides is 2. The molecular weight excluding hydrogens is 546 g/mol. The van der Waals surface area contributed by atoms with Gasteiger partial charge in [0.05, 0.1) is 10.6 Å². The maximum atomic E-state index is 14.3. The number of anilines is 1. The van der Waals surface area contributed by atoms with Crippen LogP contribution in [0.4, 0.5) is 5.69 Å². The molecule has 3 aromatic carbocycles. The Morgan fingerprint density at radius 1 is 0.905 bits per heavy atom. The summed E-state index contributed by atoms with van der Waals surface area (Å²) < 4.78 is 29.3. The van der Waals surface area contributed by atoms with Crippen LogP contribution in [-0.4, -0.2) is 50.3 Å². The second kappa shape index (κ2) is 14.5. The van der Waals surface area contributed by atoms with Gasteiger partial charge in [0.15, 0.2) is 0 Å². The fourth-order valence-electron chi connectivity index (χ4n) is 5.66. The molecule has 1 saturated carbocycles. The highest BCUT2D eigenvalue weighted by Gasteiger charge is 2.34. The molecule has 3 aromatic rings. The van der Waals surface area contributed by atoms with Gasteiger partial charge < -0.3 is 10.2 Å². The lowest BCUT2D eigenvalue weighted by molar-refractivity contribution is -0.140. The molecule has 0 spiro atoms. The van der Waals surface area contributed by atoms with E-state index in [2.05, 4.69) is 5.32 Å². The Labute approximate surface area is 251 Å². The first-order valence-corrected chi connectivity index (χ1v) is 16.4. The summed E-state index contributed by atoms with van der Waals surface area (Å²) in [4.78, 5) is 29.6. The Balaban J connectivity index is 1.69. The van der Waals surface area contributed by atoms with Crippen molar-refractivity contribution in [1.29, 1.82) is 0 Å². The van der Waals surface area contributed by atoms with Gasteiger partial charge in [-0.05, 0) is 74.4 Å². The second-order valence-electron chi connectivity index (χ2n) is 11.2. The Bertz CT molecular complexity index is 1440. The van der Waals surface area contributed by atoms with Crippen LogP contribution >= 0.6 is 0 Å². The molecule has 224 valence electrons. The van der Waals surface area contributed by atoms with Gasteiger partial charge in [0.1, 0.15) is 12.6 Å². The summed E-state index contributed by atoms with van der Waals surface area (Å²) in [5.41, 5.74) is 3.12. The summed E-state index contributed by atoms with van der Waals surface area (Å²) in [6.45, 7) is 5.52. The van der Waals surface area contributed by atoms with Crippen LogP contribution in [0.1, 0.15) is 62.1 Å². The molecule has 1 atom stereocenters. The molecule has 7 nitrogen and oxygen atoms in total. The van der Waals surface area contributed by atoms with Gasteiger partial charge in [-0.2, -0.15) is 0 Å². The van der Waals surface area contributed by atoms with Crippen molar-refractivity contribution in [2.75, 3.05) is 17.4 Å². The van der Waals surface area contributed by atoms with Crippen molar-refractivity contribution in [2.45, 2.75) is 82.7 Å². The number of nitrogens with one attached hydrogen (secondary N) is 1. The highest BCUT2D eigenvalue weighted by molar-refractivity contribution is 7.92. The van der Waals surface area contributed by atoms with Gasteiger partial charge in [-0.15, -0.1) is 0 Å². The minimum atomic E-state index is -4.08. The van der Waals surface area contributed by atoms with Crippen molar-refractivity contribution < 1.29 is 18.0 Å². The predicted octanol–water partition coefficient (Wildman–Crippen LogP) is 5.80. The molecule has 0 radical (unpaired) electrons. The molecule has 0 heterocycles. The zero-order chi connectivity index (χ0) is 30.1. The van der Waals surface area contributed by atoms with Crippen molar-refractivity contribution >= 4 is 27.5 Å². The Morgan fingerprint density at radius 3 is 2.19 bits per heavy atom. The van der Waals surface area contributed by atoms with Gasteiger partial charge in [-0.25, -0.2) is 8.42 Å². The van der Waals surface area contributed by atoms with Gasteiger partial charge in [0.25, 0.3) is 10.0 Å². The molecule has 0 aromatic heterocycles. The summed E-state index contributed by atoms with van der Waals surface area (Å²) in [5.74, 6) is -0.577. The minimum Gasteiger partial charge on any atom is -0.352 e. The van der Waals surface area contributed by atoms with E-state index in [4.69, 9.17) is 0 Å². The topological polar surface area (TPSA) is 86.8 Å². The zero-order valence-corrected chi connectivity index (χ0v) is 25.8. The second-order valence-corrected chi connectivity index (χ2v) is 13.1. The molecule has 0 bridgehead atoms. The van der Waals surface area contributed by atoms with Crippen LogP contribution in [0.2, 0.25) is 0 Å². The van der Waals surface area contributed by atoms with E-state index < -0.39 is 28.5 Å². The van der Waals surface area contributed by atoms with Crippen LogP contribution in [0.25, 0.3) is 0 Å². The summed E-state index contributed by atoms with van der Waals surface area (Å²) in [7, 11) is -4.08. The van der Waals surface area contributed by atoms with E-state index in [9.17, 15) is 18.0 Å². The zero-order valence-electron chi connectivity index (χ0n) is 25.0. The van der Waals surface area contributed by atoms with Crippen molar-refractivity contribution in [2.24, 2.45) is 0 Å². The molecule has 0 aliphatic heterocycles. The minimum absolute atomic E-state index is 0.108. The van der Waals surface area contributed by atoms with Crippen LogP contribution in [0, 0.1) is 13.8 Å². The normalized spacial score (nSPS) is 14.6. The number of carbonyl (C=O) groups is 2. The third-order valence-electron chi connectivity index (χ3n) is 8.07. The molecule has 0 saturated heterocycles. The highest BCUT2D eigenvalue weighted by atomic mass is 32.2. The quantitative estimate of drug-likeness (QED) is 0.289. The third kappa shape index (κ3) is 7.79. The SMILES string of the molecule is CCC(C(=O)NC1CCCCC1)N(CCc1ccccc1)C(=O)CN(c1cc(C)ccc1C)S(=O)(=O)c1ccccc1. The molecule has 2 amide bonds. The number of rotatable bonds is 12. The monoisotopic (exact) mass is 589 g/mol. The van der Waals surface area contributed by atoms with E-state index in [1.807, 2.05) is 63.2 Å². The summed E-state index contributed by atoms with van der Waals surface area (Å²) in [6.07, 6.45) is 6.20. The Morgan fingerprint density at radius 2 is 1.55 bits per heavy atom. The van der Waals surface area contributed by atoms with Gasteiger partial charge in [0.2, 0.25) is 11.8 Å². The number of hydrogen-bond donors (Lipinski definition) is 1. The maximum absolute atomic E-state index is 14.3. The van der Waals surface area contributed by atoms with Crippen LogP contribution in [0.3, 0.4) is 0 Å². The van der Waals surface area contributed by atoms with Crippen LogP contribution in [0.5, 0.6) is 0 Å². The van der Waals surface area contributed by atoms with E-state index >= 15 is 0 Å². The lowest BCUT2D eigenvalue weighted by Gasteiger charge is -2.34. The fourth-order valence-corrected chi connectivity index (χ4v) is 7.15. The van der Waals surface area contributed by atoms with Gasteiger partial charge in [-0.1, -0.05) is 86.8 Å². The van der Waals surface area contributed by atoms with Crippen LogP contribution < -0.4 is 9.62 Å². The van der Waals surface area contributed by atoms with Gasteiger partial charge in [0, 0.05) is 12.6 Å². The summed E-state index contributed by atoms with van der Waals surface area (Å²) in [6, 6.07) is 23.0. The molecule has 1 fully saturated rings. The number of hydrogen-bond acceptors (Lipinski definition) is 4. The van der Waals surface area contributed by atoms with Gasteiger partial charge >= 0.3 is 0 Å². The number of sulfonamides is 1. The highest BCUT2D eigenvalue weighted by Crippen LogP contribution is 2.28. The van der Waals surface area contributed by atoms with E-state index in [1.165, 1.54) is 22.9 Å².